The van der Waals surface area contributed by atoms with E-state index in [0.717, 1.165) is 17.0 Å². The van der Waals surface area contributed by atoms with E-state index in [4.69, 9.17) is 39.5 Å². The number of rotatable bonds is 5. The molecule has 2 bridgehead atoms. The molecule has 0 spiro atoms. The lowest BCUT2D eigenvalue weighted by Crippen LogP contribution is -2.28. The van der Waals surface area contributed by atoms with E-state index in [2.05, 4.69) is 17.3 Å². The van der Waals surface area contributed by atoms with Gasteiger partial charge in [-0.3, -0.25) is 9.59 Å². The van der Waals surface area contributed by atoms with Gasteiger partial charge in [-0.25, -0.2) is 0 Å². The number of carbonyl (C=O) groups is 2. The Morgan fingerprint density at radius 1 is 0.968 bits per heavy atom. The third-order valence-corrected chi connectivity index (χ3v) is 7.01. The van der Waals surface area contributed by atoms with Gasteiger partial charge in [0.15, 0.2) is 0 Å². The van der Waals surface area contributed by atoms with E-state index in [1.54, 1.807) is 36.4 Å². The van der Waals surface area contributed by atoms with E-state index in [1.807, 2.05) is 0 Å². The van der Waals surface area contributed by atoms with Crippen molar-refractivity contribution in [2.24, 2.45) is 28.8 Å². The fourth-order valence-corrected chi connectivity index (χ4v) is 5.34. The Labute approximate surface area is 194 Å². The highest BCUT2D eigenvalue weighted by atomic mass is 35.5. The standard InChI is InChI=1S/C23H17Cl3N2O3/c24-16-5-4-15(17(25)9-16)11-31-19-6-1-12(7-18(19)26)10-27-28-22(29)20-13-2-3-14(8-13)21(20)23(28)30/h1-7,9-10,13-14,20-21H,8,11H2. The molecule has 3 aliphatic rings. The molecule has 0 aromatic heterocycles. The Balaban J connectivity index is 1.27. The highest BCUT2D eigenvalue weighted by molar-refractivity contribution is 6.35. The molecule has 0 radical (unpaired) electrons. The van der Waals surface area contributed by atoms with Crippen LogP contribution in [0.1, 0.15) is 17.5 Å². The summed E-state index contributed by atoms with van der Waals surface area (Å²) < 4.78 is 5.76. The third kappa shape index (κ3) is 3.65. The smallest absolute Gasteiger partial charge is 0.254 e. The van der Waals surface area contributed by atoms with Crippen molar-refractivity contribution < 1.29 is 14.3 Å². The predicted octanol–water partition coefficient (Wildman–Crippen LogP) is 5.37. The summed E-state index contributed by atoms with van der Waals surface area (Å²) in [5.74, 6) is -0.158. The number of fused-ring (bicyclic) bond motifs is 5. The molecule has 158 valence electrons. The number of carbonyl (C=O) groups excluding carboxylic acids is 2. The zero-order valence-electron chi connectivity index (χ0n) is 16.2. The normalized spacial score (nSPS) is 26.4. The molecule has 0 N–H and O–H groups in total. The monoisotopic (exact) mass is 474 g/mol. The highest BCUT2D eigenvalue weighted by Gasteiger charge is 2.59. The molecule has 1 heterocycles. The number of nitrogens with zero attached hydrogens (tertiary/aromatic N) is 2. The van der Waals surface area contributed by atoms with Gasteiger partial charge in [-0.05, 0) is 54.2 Å². The quantitative estimate of drug-likeness (QED) is 0.332. The van der Waals surface area contributed by atoms with Crippen molar-refractivity contribution in [3.05, 3.63) is 74.7 Å². The molecule has 4 atom stereocenters. The molecule has 1 aliphatic heterocycles. The lowest BCUT2D eigenvalue weighted by atomic mass is 9.85. The number of hydrazone groups is 1. The average Bonchev–Trinajstić information content (AvgIpc) is 3.41. The van der Waals surface area contributed by atoms with Crippen molar-refractivity contribution in [1.29, 1.82) is 0 Å². The highest BCUT2D eigenvalue weighted by Crippen LogP contribution is 2.52. The minimum absolute atomic E-state index is 0.159. The molecule has 2 aliphatic carbocycles. The summed E-state index contributed by atoms with van der Waals surface area (Å²) in [4.78, 5) is 25.4. The van der Waals surface area contributed by atoms with E-state index in [1.165, 1.54) is 6.21 Å². The van der Waals surface area contributed by atoms with Crippen molar-refractivity contribution in [2.45, 2.75) is 13.0 Å². The summed E-state index contributed by atoms with van der Waals surface area (Å²) in [5, 5.41) is 6.64. The van der Waals surface area contributed by atoms with Crippen molar-refractivity contribution >= 4 is 52.8 Å². The first-order valence-electron chi connectivity index (χ1n) is 9.89. The van der Waals surface area contributed by atoms with Gasteiger partial charge in [0.25, 0.3) is 11.8 Å². The van der Waals surface area contributed by atoms with Crippen LogP contribution in [0.5, 0.6) is 5.75 Å². The predicted molar refractivity (Wildman–Crippen MR) is 119 cm³/mol. The van der Waals surface area contributed by atoms with Gasteiger partial charge in [0, 0.05) is 15.6 Å². The molecular weight excluding hydrogens is 459 g/mol. The van der Waals surface area contributed by atoms with Crippen LogP contribution < -0.4 is 4.74 Å². The lowest BCUT2D eigenvalue weighted by Gasteiger charge is -2.13. The zero-order valence-corrected chi connectivity index (χ0v) is 18.4. The number of imide groups is 1. The molecule has 2 aromatic rings. The zero-order chi connectivity index (χ0) is 21.7. The van der Waals surface area contributed by atoms with Crippen LogP contribution in [0.15, 0.2) is 53.7 Å². The van der Waals surface area contributed by atoms with Gasteiger partial charge >= 0.3 is 0 Å². The van der Waals surface area contributed by atoms with Gasteiger partial charge in [0.1, 0.15) is 12.4 Å². The molecular formula is C23H17Cl3N2O3. The Hall–Kier alpha value is -2.34. The summed E-state index contributed by atoms with van der Waals surface area (Å²) in [5.41, 5.74) is 1.44. The molecule has 8 heteroatoms. The molecule has 2 fully saturated rings. The first-order chi connectivity index (χ1) is 14.9. The molecule has 2 amide bonds. The van der Waals surface area contributed by atoms with Crippen LogP contribution >= 0.6 is 34.8 Å². The second-order valence-corrected chi connectivity index (χ2v) is 9.20. The molecule has 5 nitrogen and oxygen atoms in total. The SMILES string of the molecule is O=C1C2C3C=CC(C3)C2C(=O)N1N=Cc1ccc(OCc2ccc(Cl)cc2Cl)c(Cl)c1. The summed E-state index contributed by atoms with van der Waals surface area (Å²) in [7, 11) is 0. The van der Waals surface area contributed by atoms with Crippen molar-refractivity contribution in [3.63, 3.8) is 0 Å². The largest absolute Gasteiger partial charge is 0.487 e. The van der Waals surface area contributed by atoms with E-state index >= 15 is 0 Å². The molecule has 31 heavy (non-hydrogen) atoms. The Bertz CT molecular complexity index is 1120. The van der Waals surface area contributed by atoms with E-state index in [9.17, 15) is 9.59 Å². The van der Waals surface area contributed by atoms with Crippen molar-refractivity contribution in [2.75, 3.05) is 0 Å². The topological polar surface area (TPSA) is 59.0 Å². The van der Waals surface area contributed by atoms with E-state index < -0.39 is 0 Å². The summed E-state index contributed by atoms with van der Waals surface area (Å²) in [6, 6.07) is 10.3. The average molecular weight is 476 g/mol. The van der Waals surface area contributed by atoms with Crippen molar-refractivity contribution in [3.8, 4) is 5.75 Å². The third-order valence-electron chi connectivity index (χ3n) is 6.12. The molecule has 2 aromatic carbocycles. The van der Waals surface area contributed by atoms with Crippen LogP contribution in [0.25, 0.3) is 0 Å². The first kappa shape index (κ1) is 20.6. The summed E-state index contributed by atoms with van der Waals surface area (Å²) in [6.07, 6.45) is 6.47. The number of benzene rings is 2. The number of hydrogen-bond donors (Lipinski definition) is 0. The van der Waals surface area contributed by atoms with Gasteiger partial charge in [-0.2, -0.15) is 10.1 Å². The van der Waals surface area contributed by atoms with Gasteiger partial charge in [0.2, 0.25) is 0 Å². The second kappa shape index (κ2) is 7.97. The Kier molecular flexibility index (Phi) is 5.29. The molecule has 4 unspecified atom stereocenters. The van der Waals surface area contributed by atoms with Crippen LogP contribution in [-0.2, 0) is 16.2 Å². The molecule has 1 saturated carbocycles. The molecule has 1 saturated heterocycles. The Morgan fingerprint density at radius 2 is 1.68 bits per heavy atom. The van der Waals surface area contributed by atoms with E-state index in [-0.39, 0.29) is 42.1 Å². The molecule has 5 rings (SSSR count). The summed E-state index contributed by atoms with van der Waals surface area (Å²) >= 11 is 18.4. The van der Waals surface area contributed by atoms with Crippen LogP contribution in [0.2, 0.25) is 15.1 Å². The summed E-state index contributed by atoms with van der Waals surface area (Å²) in [6.45, 7) is 0.235. The maximum Gasteiger partial charge on any atom is 0.254 e. The van der Waals surface area contributed by atoms with Crippen LogP contribution in [0.3, 0.4) is 0 Å². The van der Waals surface area contributed by atoms with Crippen LogP contribution in [0, 0.1) is 23.7 Å². The second-order valence-electron chi connectivity index (χ2n) is 7.95. The van der Waals surface area contributed by atoms with Crippen LogP contribution in [-0.4, -0.2) is 23.0 Å². The van der Waals surface area contributed by atoms with Crippen molar-refractivity contribution in [1.82, 2.24) is 5.01 Å². The number of allylic oxidation sites excluding steroid dienone is 2. The fraction of sp³-hybridized carbons (Fsp3) is 0.261. The van der Waals surface area contributed by atoms with Gasteiger partial charge in [-0.15, -0.1) is 0 Å². The van der Waals surface area contributed by atoms with E-state index in [0.29, 0.717) is 26.4 Å². The maximum atomic E-state index is 12.7. The van der Waals surface area contributed by atoms with Crippen LogP contribution in [0.4, 0.5) is 0 Å². The number of ether oxygens (including phenoxy) is 1. The minimum atomic E-state index is -0.265. The lowest BCUT2D eigenvalue weighted by molar-refractivity contribution is -0.140. The van der Waals surface area contributed by atoms with Gasteiger partial charge in [-0.1, -0.05) is 53.0 Å². The first-order valence-corrected chi connectivity index (χ1v) is 11.0. The number of amides is 2. The maximum absolute atomic E-state index is 12.7. The van der Waals surface area contributed by atoms with Gasteiger partial charge in [0.05, 0.1) is 23.1 Å². The van der Waals surface area contributed by atoms with Gasteiger partial charge < -0.3 is 4.74 Å². The minimum Gasteiger partial charge on any atom is -0.487 e. The number of halogens is 3. The fourth-order valence-electron chi connectivity index (χ4n) is 4.63. The number of hydrogen-bond acceptors (Lipinski definition) is 4. The Morgan fingerprint density at radius 3 is 2.32 bits per heavy atom.